The van der Waals surface area contributed by atoms with Crippen molar-refractivity contribution in [1.82, 2.24) is 14.5 Å². The van der Waals surface area contributed by atoms with E-state index in [1.54, 1.807) is 6.07 Å². The second-order valence-corrected chi connectivity index (χ2v) is 8.17. The first-order valence-electron chi connectivity index (χ1n) is 10.4. The summed E-state index contributed by atoms with van der Waals surface area (Å²) in [6.45, 7) is 7.11. The van der Waals surface area contributed by atoms with E-state index in [0.29, 0.717) is 17.3 Å². The first kappa shape index (κ1) is 21.8. The van der Waals surface area contributed by atoms with Gasteiger partial charge in [-0.1, -0.05) is 36.7 Å². The number of carboxylic acid groups (broad SMARTS) is 1. The third-order valence-corrected chi connectivity index (χ3v) is 5.73. The zero-order chi connectivity index (χ0) is 22.8. The predicted octanol–water partition coefficient (Wildman–Crippen LogP) is 5.59. The summed E-state index contributed by atoms with van der Waals surface area (Å²) < 4.78 is 8.02. The quantitative estimate of drug-likeness (QED) is 0.398. The molecule has 1 N–H and O–H groups in total. The molecule has 2 heterocycles. The molecule has 4 rings (SSSR count). The fourth-order valence-electron chi connectivity index (χ4n) is 3.72. The Morgan fingerprint density at radius 1 is 1.09 bits per heavy atom. The van der Waals surface area contributed by atoms with Crippen molar-refractivity contribution in [3.63, 3.8) is 0 Å². The number of ether oxygens (including phenoxy) is 1. The minimum absolute atomic E-state index is 0.154. The molecule has 0 bridgehead atoms. The lowest BCUT2D eigenvalue weighted by atomic mass is 10.1. The Labute approximate surface area is 191 Å². The second-order valence-electron chi connectivity index (χ2n) is 7.76. The number of rotatable bonds is 7. The molecule has 0 fully saturated rings. The van der Waals surface area contributed by atoms with Gasteiger partial charge in [0, 0.05) is 22.7 Å². The number of pyridine rings is 1. The topological polar surface area (TPSA) is 77.2 Å². The number of hydrogen-bond acceptors (Lipinski definition) is 4. The summed E-state index contributed by atoms with van der Waals surface area (Å²) in [5.74, 6) is 0.719. The van der Waals surface area contributed by atoms with Crippen LogP contribution in [0.3, 0.4) is 0 Å². The van der Waals surface area contributed by atoms with Crippen molar-refractivity contribution >= 4 is 28.7 Å². The van der Waals surface area contributed by atoms with Crippen molar-refractivity contribution < 1.29 is 14.6 Å². The van der Waals surface area contributed by atoms with Gasteiger partial charge in [0.05, 0.1) is 12.1 Å². The number of aromatic carboxylic acids is 1. The van der Waals surface area contributed by atoms with E-state index in [9.17, 15) is 4.79 Å². The van der Waals surface area contributed by atoms with Crippen molar-refractivity contribution in [3.8, 4) is 5.75 Å². The minimum Gasteiger partial charge on any atom is -0.489 e. The molecule has 164 valence electrons. The van der Waals surface area contributed by atoms with Crippen LogP contribution in [0, 0.1) is 13.8 Å². The van der Waals surface area contributed by atoms with Gasteiger partial charge in [-0.25, -0.2) is 14.8 Å². The highest BCUT2D eigenvalue weighted by Crippen LogP contribution is 2.23. The van der Waals surface area contributed by atoms with E-state index in [0.717, 1.165) is 45.8 Å². The van der Waals surface area contributed by atoms with Gasteiger partial charge in [-0.05, 0) is 55.3 Å². The number of halogens is 1. The van der Waals surface area contributed by atoms with Gasteiger partial charge in [0.1, 0.15) is 23.7 Å². The van der Waals surface area contributed by atoms with Gasteiger partial charge in [-0.3, -0.25) is 0 Å². The molecular formula is C25H24ClN3O3. The van der Waals surface area contributed by atoms with Crippen LogP contribution in [0.5, 0.6) is 5.75 Å². The maximum absolute atomic E-state index is 11.0. The van der Waals surface area contributed by atoms with Crippen LogP contribution in [0.15, 0.2) is 48.5 Å². The highest BCUT2D eigenvalue weighted by atomic mass is 35.5. The highest BCUT2D eigenvalue weighted by Gasteiger charge is 2.14. The van der Waals surface area contributed by atoms with Crippen LogP contribution in [0.25, 0.3) is 11.2 Å². The number of benzene rings is 2. The van der Waals surface area contributed by atoms with Crippen LogP contribution >= 0.6 is 11.6 Å². The zero-order valence-electron chi connectivity index (χ0n) is 18.2. The Balaban J connectivity index is 1.50. The first-order valence-corrected chi connectivity index (χ1v) is 10.8. The van der Waals surface area contributed by atoms with E-state index < -0.39 is 5.97 Å². The van der Waals surface area contributed by atoms with Gasteiger partial charge in [-0.2, -0.15) is 0 Å². The summed E-state index contributed by atoms with van der Waals surface area (Å²) in [5, 5.41) is 9.42. The third-order valence-electron chi connectivity index (χ3n) is 5.38. The molecular weight excluding hydrogens is 426 g/mol. The summed E-state index contributed by atoms with van der Waals surface area (Å²) in [5.41, 5.74) is 6.00. The van der Waals surface area contributed by atoms with Crippen molar-refractivity contribution in [2.45, 2.75) is 40.3 Å². The maximum atomic E-state index is 11.0. The van der Waals surface area contributed by atoms with Crippen LogP contribution < -0.4 is 4.74 Å². The zero-order valence-corrected chi connectivity index (χ0v) is 19.0. The maximum Gasteiger partial charge on any atom is 0.335 e. The van der Waals surface area contributed by atoms with Crippen LogP contribution in [0.1, 0.15) is 45.5 Å². The SMILES string of the molecule is CCc1nc2c(C)cc(C)nc2n1Cc1ccc(OCc2ccc(C(=O)O)cc2Cl)cc1. The van der Waals surface area contributed by atoms with E-state index in [4.69, 9.17) is 31.4 Å². The summed E-state index contributed by atoms with van der Waals surface area (Å²) in [6, 6.07) is 14.6. The molecule has 7 heteroatoms. The number of aryl methyl sites for hydroxylation is 3. The third kappa shape index (κ3) is 4.46. The standard InChI is InChI=1S/C25H24ClN3O3/c1-4-22-28-23-15(2)11-16(3)27-24(23)29(22)13-17-5-9-20(10-6-17)32-14-19-8-7-18(25(30)31)12-21(19)26/h5-12H,4,13-14H2,1-3H3,(H,30,31). The van der Waals surface area contributed by atoms with Crippen molar-refractivity contribution in [3.05, 3.63) is 87.3 Å². The lowest BCUT2D eigenvalue weighted by molar-refractivity contribution is 0.0697. The summed E-state index contributed by atoms with van der Waals surface area (Å²) >= 11 is 6.18. The molecule has 4 aromatic rings. The molecule has 0 spiro atoms. The number of carbonyl (C=O) groups is 1. The van der Waals surface area contributed by atoms with Crippen molar-refractivity contribution in [2.75, 3.05) is 0 Å². The van der Waals surface area contributed by atoms with Gasteiger partial charge in [0.15, 0.2) is 5.65 Å². The average molecular weight is 450 g/mol. The highest BCUT2D eigenvalue weighted by molar-refractivity contribution is 6.31. The van der Waals surface area contributed by atoms with Crippen molar-refractivity contribution in [1.29, 1.82) is 0 Å². The Hall–Kier alpha value is -3.38. The first-order chi connectivity index (χ1) is 15.4. The van der Waals surface area contributed by atoms with Crippen LogP contribution in [0.4, 0.5) is 0 Å². The molecule has 0 saturated carbocycles. The van der Waals surface area contributed by atoms with Crippen LogP contribution in [0.2, 0.25) is 5.02 Å². The molecule has 0 radical (unpaired) electrons. The molecule has 0 unspecified atom stereocenters. The van der Waals surface area contributed by atoms with Gasteiger partial charge in [-0.15, -0.1) is 0 Å². The van der Waals surface area contributed by atoms with Gasteiger partial charge in [0.2, 0.25) is 0 Å². The minimum atomic E-state index is -1.01. The average Bonchev–Trinajstić information content (AvgIpc) is 3.11. The molecule has 2 aromatic carbocycles. The fraction of sp³-hybridized carbons (Fsp3) is 0.240. The van der Waals surface area contributed by atoms with Crippen LogP contribution in [-0.4, -0.2) is 25.6 Å². The molecule has 2 aromatic heterocycles. The fourth-order valence-corrected chi connectivity index (χ4v) is 3.95. The number of aromatic nitrogens is 3. The molecule has 0 aliphatic carbocycles. The smallest absolute Gasteiger partial charge is 0.335 e. The number of hydrogen-bond donors (Lipinski definition) is 1. The molecule has 6 nitrogen and oxygen atoms in total. The van der Waals surface area contributed by atoms with Gasteiger partial charge >= 0.3 is 5.97 Å². The van der Waals surface area contributed by atoms with Crippen molar-refractivity contribution in [2.24, 2.45) is 0 Å². The normalized spacial score (nSPS) is 11.1. The Kier molecular flexibility index (Phi) is 6.15. The number of carboxylic acids is 1. The summed E-state index contributed by atoms with van der Waals surface area (Å²) in [6.07, 6.45) is 0.831. The number of nitrogens with zero attached hydrogens (tertiary/aromatic N) is 3. The monoisotopic (exact) mass is 449 g/mol. The van der Waals surface area contributed by atoms with E-state index in [-0.39, 0.29) is 12.2 Å². The summed E-state index contributed by atoms with van der Waals surface area (Å²) in [7, 11) is 0. The molecule has 0 aliphatic heterocycles. The van der Waals surface area contributed by atoms with Gasteiger partial charge < -0.3 is 14.4 Å². The lowest BCUT2D eigenvalue weighted by Gasteiger charge is -2.11. The van der Waals surface area contributed by atoms with Crippen LogP contribution in [-0.2, 0) is 19.6 Å². The number of imidazole rings is 1. The Bertz CT molecular complexity index is 1300. The molecule has 0 atom stereocenters. The lowest BCUT2D eigenvalue weighted by Crippen LogP contribution is -2.06. The molecule has 0 amide bonds. The van der Waals surface area contributed by atoms with E-state index in [1.165, 1.54) is 12.1 Å². The Morgan fingerprint density at radius 3 is 2.50 bits per heavy atom. The summed E-state index contributed by atoms with van der Waals surface area (Å²) in [4.78, 5) is 20.6. The van der Waals surface area contributed by atoms with E-state index in [2.05, 4.69) is 24.5 Å². The number of fused-ring (bicyclic) bond motifs is 1. The predicted molar refractivity (Wildman–Crippen MR) is 125 cm³/mol. The molecule has 0 aliphatic rings. The van der Waals surface area contributed by atoms with E-state index in [1.807, 2.05) is 31.2 Å². The largest absolute Gasteiger partial charge is 0.489 e. The Morgan fingerprint density at radius 2 is 1.84 bits per heavy atom. The molecule has 32 heavy (non-hydrogen) atoms. The van der Waals surface area contributed by atoms with Gasteiger partial charge in [0.25, 0.3) is 0 Å². The van der Waals surface area contributed by atoms with E-state index >= 15 is 0 Å². The molecule has 0 saturated heterocycles. The second kappa shape index (κ2) is 9.01.